The van der Waals surface area contributed by atoms with Gasteiger partial charge in [0.2, 0.25) is 10.0 Å². The zero-order valence-corrected chi connectivity index (χ0v) is 40.3. The SMILES string of the molecule is CC(C)(C)c1ccc(S(=O)(=O)Nc2ccc(Cl)cc2-n2nnc3c2CCCN3)cc1.CC(C)(C)c1ccc(S(=O)(=O)Nc2ccc(Cl)cc2-n2nnc3c2CCCN3S(C)(=O)=O)cc1. The van der Waals surface area contributed by atoms with E-state index in [2.05, 4.69) is 76.9 Å². The van der Waals surface area contributed by atoms with Crippen LogP contribution in [0.25, 0.3) is 11.4 Å². The van der Waals surface area contributed by atoms with E-state index in [1.807, 2.05) is 12.1 Å². The Labute approximate surface area is 384 Å². The minimum absolute atomic E-state index is 0.0563. The highest BCUT2D eigenvalue weighted by Crippen LogP contribution is 2.35. The topological polar surface area (TPSA) is 203 Å². The highest BCUT2D eigenvalue weighted by molar-refractivity contribution is 7.93. The first-order valence-corrected chi connectivity index (χ1v) is 26.0. The van der Waals surface area contributed by atoms with E-state index in [0.717, 1.165) is 42.5 Å². The van der Waals surface area contributed by atoms with Crippen molar-refractivity contribution in [3.8, 4) is 11.4 Å². The number of fused-ring (bicyclic) bond motifs is 2. The zero-order valence-electron chi connectivity index (χ0n) is 36.4. The van der Waals surface area contributed by atoms with Gasteiger partial charge in [0.05, 0.1) is 50.2 Å². The van der Waals surface area contributed by atoms with Crippen molar-refractivity contribution in [1.29, 1.82) is 0 Å². The van der Waals surface area contributed by atoms with E-state index in [4.69, 9.17) is 23.2 Å². The molecule has 0 bridgehead atoms. The Morgan fingerprint density at radius 1 is 0.609 bits per heavy atom. The van der Waals surface area contributed by atoms with Crippen molar-refractivity contribution in [2.24, 2.45) is 0 Å². The van der Waals surface area contributed by atoms with Crippen LogP contribution in [0.5, 0.6) is 0 Å². The van der Waals surface area contributed by atoms with Gasteiger partial charge in [0.15, 0.2) is 11.6 Å². The average molecular weight is 970 g/mol. The fourth-order valence-corrected chi connectivity index (χ4v) is 10.6. The first kappa shape index (κ1) is 46.8. The van der Waals surface area contributed by atoms with Crippen LogP contribution >= 0.6 is 23.2 Å². The van der Waals surface area contributed by atoms with E-state index in [0.29, 0.717) is 58.0 Å². The van der Waals surface area contributed by atoms with Gasteiger partial charge in [-0.3, -0.25) is 13.7 Å². The molecule has 0 amide bonds. The number of aromatic nitrogens is 6. The third-order valence-corrected chi connectivity index (χ3v) is 15.1. The fourth-order valence-electron chi connectivity index (χ4n) is 7.25. The molecule has 4 aromatic carbocycles. The van der Waals surface area contributed by atoms with Crippen molar-refractivity contribution in [2.45, 2.75) is 87.8 Å². The summed E-state index contributed by atoms with van der Waals surface area (Å²) in [6.45, 7) is 13.6. The Balaban J connectivity index is 0.000000193. The summed E-state index contributed by atoms with van der Waals surface area (Å²) in [6, 6.07) is 23.3. The monoisotopic (exact) mass is 968 g/mol. The van der Waals surface area contributed by atoms with Gasteiger partial charge < -0.3 is 5.32 Å². The molecule has 8 rings (SSSR count). The number of hydrogen-bond donors (Lipinski definition) is 3. The highest BCUT2D eigenvalue weighted by Gasteiger charge is 2.31. The molecule has 0 saturated carbocycles. The number of anilines is 4. The molecule has 64 heavy (non-hydrogen) atoms. The second kappa shape index (κ2) is 17.6. The van der Waals surface area contributed by atoms with Crippen LogP contribution in [0.15, 0.2) is 94.7 Å². The second-order valence-electron chi connectivity index (χ2n) is 17.6. The lowest BCUT2D eigenvalue weighted by atomic mass is 9.87. The second-order valence-corrected chi connectivity index (χ2v) is 23.8. The molecular weight excluding hydrogens is 920 g/mol. The third kappa shape index (κ3) is 10.2. The van der Waals surface area contributed by atoms with Gasteiger partial charge in [0.1, 0.15) is 0 Å². The van der Waals surface area contributed by atoms with Crippen molar-refractivity contribution >= 4 is 76.3 Å². The van der Waals surface area contributed by atoms with Crippen LogP contribution in [-0.2, 0) is 53.7 Å². The summed E-state index contributed by atoms with van der Waals surface area (Å²) in [7, 11) is -11.2. The van der Waals surface area contributed by atoms with E-state index in [1.165, 1.54) is 8.99 Å². The Bertz CT molecular complexity index is 3040. The van der Waals surface area contributed by atoms with E-state index in [9.17, 15) is 25.3 Å². The maximum atomic E-state index is 13.2. The quantitative estimate of drug-likeness (QED) is 0.126. The molecular formula is C43H50Cl2N10O6S3. The van der Waals surface area contributed by atoms with Crippen molar-refractivity contribution in [1.82, 2.24) is 30.0 Å². The van der Waals surface area contributed by atoms with Crippen LogP contribution in [0.3, 0.4) is 0 Å². The largest absolute Gasteiger partial charge is 0.367 e. The minimum atomic E-state index is -3.92. The normalized spacial score (nSPS) is 14.4. The van der Waals surface area contributed by atoms with Gasteiger partial charge in [-0.2, -0.15) is 0 Å². The van der Waals surface area contributed by atoms with E-state index in [-0.39, 0.29) is 32.1 Å². The maximum absolute atomic E-state index is 13.2. The number of rotatable bonds is 9. The predicted octanol–water partition coefficient (Wildman–Crippen LogP) is 8.11. The first-order valence-electron chi connectivity index (χ1n) is 20.4. The van der Waals surface area contributed by atoms with Crippen molar-refractivity contribution in [3.05, 3.63) is 117 Å². The highest BCUT2D eigenvalue weighted by atomic mass is 35.5. The molecule has 0 aliphatic carbocycles. The van der Waals surface area contributed by atoms with Gasteiger partial charge in [-0.25, -0.2) is 34.6 Å². The van der Waals surface area contributed by atoms with E-state index >= 15 is 0 Å². The van der Waals surface area contributed by atoms with Crippen LogP contribution < -0.4 is 19.1 Å². The standard InChI is InChI=1S/C22H26ClN5O4S2.C21H24ClN5O2S/c1-22(2,3)15-7-10-17(11-8-15)34(31,32)25-18-12-9-16(23)14-20(18)28-19-6-5-13-27(33(4,29)30)21(19)24-26-28;1-21(2,3)14-6-9-16(10-7-14)30(28,29)25-17-11-8-15(22)13-19(17)27-18-5-4-12-23-20(18)24-26-27/h7-12,14,25H,5-6,13H2,1-4H3;6-11,13,23,25H,4-5,12H2,1-3H3. The van der Waals surface area contributed by atoms with Gasteiger partial charge in [0, 0.05) is 23.1 Å². The third-order valence-electron chi connectivity index (χ3n) is 10.7. The maximum Gasteiger partial charge on any atom is 0.261 e. The van der Waals surface area contributed by atoms with Crippen LogP contribution in [0.2, 0.25) is 10.0 Å². The summed E-state index contributed by atoms with van der Waals surface area (Å²) in [6.07, 6.45) is 3.96. The van der Waals surface area contributed by atoms with Gasteiger partial charge in [-0.1, -0.05) is 99.4 Å². The van der Waals surface area contributed by atoms with Crippen molar-refractivity contribution < 1.29 is 25.3 Å². The Morgan fingerprint density at radius 3 is 1.53 bits per heavy atom. The molecule has 0 atom stereocenters. The molecule has 2 aromatic heterocycles. The lowest BCUT2D eigenvalue weighted by Gasteiger charge is -2.25. The van der Waals surface area contributed by atoms with E-state index in [1.54, 1.807) is 77.5 Å². The molecule has 6 aromatic rings. The summed E-state index contributed by atoms with van der Waals surface area (Å²) < 4.78 is 86.4. The molecule has 3 N–H and O–H groups in total. The van der Waals surface area contributed by atoms with Crippen LogP contribution in [0, 0.1) is 0 Å². The molecule has 0 radical (unpaired) electrons. The molecule has 0 unspecified atom stereocenters. The van der Waals surface area contributed by atoms with Gasteiger partial charge in [-0.15, -0.1) is 10.2 Å². The number of hydrogen-bond acceptors (Lipinski definition) is 11. The smallest absolute Gasteiger partial charge is 0.261 e. The van der Waals surface area contributed by atoms with Gasteiger partial charge in [0.25, 0.3) is 20.0 Å². The fraction of sp³-hybridized carbons (Fsp3) is 0.349. The summed E-state index contributed by atoms with van der Waals surface area (Å²) in [5.41, 5.74) is 4.91. The minimum Gasteiger partial charge on any atom is -0.367 e. The van der Waals surface area contributed by atoms with Crippen LogP contribution in [0.1, 0.15) is 76.9 Å². The van der Waals surface area contributed by atoms with Crippen molar-refractivity contribution in [2.75, 3.05) is 38.4 Å². The Kier molecular flexibility index (Phi) is 12.9. The van der Waals surface area contributed by atoms with E-state index < -0.39 is 30.1 Å². The predicted molar refractivity (Wildman–Crippen MR) is 252 cm³/mol. The Morgan fingerprint density at radius 2 is 1.06 bits per heavy atom. The molecule has 16 nitrogen and oxygen atoms in total. The molecule has 2 aliphatic rings. The summed E-state index contributed by atoms with van der Waals surface area (Å²) in [5.74, 6) is 0.952. The molecule has 2 aliphatic heterocycles. The number of nitrogens with one attached hydrogen (secondary N) is 3. The number of nitrogens with zero attached hydrogens (tertiary/aromatic N) is 7. The molecule has 4 heterocycles. The number of halogens is 2. The summed E-state index contributed by atoms with van der Waals surface area (Å²) >= 11 is 12.4. The zero-order chi connectivity index (χ0) is 46.4. The molecule has 340 valence electrons. The summed E-state index contributed by atoms with van der Waals surface area (Å²) in [5, 5.41) is 20.7. The number of sulfonamides is 3. The van der Waals surface area contributed by atoms with Crippen molar-refractivity contribution in [3.63, 3.8) is 0 Å². The molecule has 21 heteroatoms. The molecule has 0 fully saturated rings. The molecule has 0 spiro atoms. The van der Waals surface area contributed by atoms with Gasteiger partial charge in [-0.05, 0) is 108 Å². The average Bonchev–Trinajstić information content (AvgIpc) is 3.86. The Hall–Kier alpha value is -5.21. The molecule has 0 saturated heterocycles. The lowest BCUT2D eigenvalue weighted by Crippen LogP contribution is -2.35. The van der Waals surface area contributed by atoms with Gasteiger partial charge >= 0.3 is 0 Å². The summed E-state index contributed by atoms with van der Waals surface area (Å²) in [4.78, 5) is 0.309. The van der Waals surface area contributed by atoms with Crippen LogP contribution in [0.4, 0.5) is 23.0 Å². The van der Waals surface area contributed by atoms with Crippen LogP contribution in [-0.4, -0.2) is 74.6 Å². The number of benzene rings is 4. The lowest BCUT2D eigenvalue weighted by molar-refractivity contribution is 0.587. The first-order chi connectivity index (χ1) is 29.9.